The zero-order chi connectivity index (χ0) is 20.8. The molecule has 4 rings (SSSR count). The Bertz CT molecular complexity index is 966. The first-order valence-electron chi connectivity index (χ1n) is 9.89. The van der Waals surface area contributed by atoms with Gasteiger partial charge in [0.05, 0.1) is 30.8 Å². The Morgan fingerprint density at radius 3 is 2.70 bits per heavy atom. The Morgan fingerprint density at radius 1 is 1.17 bits per heavy atom. The molecule has 0 spiro atoms. The van der Waals surface area contributed by atoms with Crippen LogP contribution in [0.2, 0.25) is 0 Å². The molecule has 156 valence electrons. The number of hydrogen-bond donors (Lipinski definition) is 1. The van der Waals surface area contributed by atoms with Crippen LogP contribution in [0, 0.1) is 0 Å². The van der Waals surface area contributed by atoms with E-state index >= 15 is 0 Å². The van der Waals surface area contributed by atoms with E-state index in [0.717, 1.165) is 18.6 Å². The number of ether oxygens (including phenoxy) is 1. The molecule has 0 atom stereocenters. The van der Waals surface area contributed by atoms with Crippen molar-refractivity contribution in [2.75, 3.05) is 25.0 Å². The number of thiazole rings is 1. The van der Waals surface area contributed by atoms with Gasteiger partial charge in [-0.3, -0.25) is 9.59 Å². The topological polar surface area (TPSA) is 89.4 Å². The molecule has 3 heterocycles. The molecule has 0 aliphatic carbocycles. The lowest BCUT2D eigenvalue weighted by Crippen LogP contribution is -2.39. The number of anilines is 1. The molecule has 1 aliphatic heterocycles. The Morgan fingerprint density at radius 2 is 1.97 bits per heavy atom. The van der Waals surface area contributed by atoms with E-state index in [1.54, 1.807) is 23.2 Å². The SMILES string of the molecule is O=C(CCOc1ccccc1)Nc1ccnn1C1CCN(C(=O)c2cscn2)CC1. The number of amides is 2. The van der Waals surface area contributed by atoms with Crippen molar-refractivity contribution in [2.24, 2.45) is 0 Å². The van der Waals surface area contributed by atoms with Crippen LogP contribution in [-0.2, 0) is 4.79 Å². The summed E-state index contributed by atoms with van der Waals surface area (Å²) in [6.45, 7) is 1.58. The number of nitrogens with zero attached hydrogens (tertiary/aromatic N) is 4. The zero-order valence-electron chi connectivity index (χ0n) is 16.4. The van der Waals surface area contributed by atoms with E-state index in [2.05, 4.69) is 15.4 Å². The van der Waals surface area contributed by atoms with Crippen molar-refractivity contribution in [3.05, 3.63) is 59.2 Å². The van der Waals surface area contributed by atoms with Gasteiger partial charge in [0.1, 0.15) is 17.3 Å². The van der Waals surface area contributed by atoms with E-state index in [-0.39, 0.29) is 24.3 Å². The van der Waals surface area contributed by atoms with Crippen LogP contribution in [0.25, 0.3) is 0 Å². The summed E-state index contributed by atoms with van der Waals surface area (Å²) in [6, 6.07) is 11.4. The number of para-hydroxylation sites is 1. The highest BCUT2D eigenvalue weighted by atomic mass is 32.1. The maximum atomic E-state index is 12.4. The summed E-state index contributed by atoms with van der Waals surface area (Å²) < 4.78 is 7.43. The Hall–Kier alpha value is -3.20. The summed E-state index contributed by atoms with van der Waals surface area (Å²) in [4.78, 5) is 30.7. The first-order valence-corrected chi connectivity index (χ1v) is 10.8. The molecule has 0 bridgehead atoms. The van der Waals surface area contributed by atoms with Gasteiger partial charge in [0.15, 0.2) is 0 Å². The largest absolute Gasteiger partial charge is 0.493 e. The van der Waals surface area contributed by atoms with E-state index in [0.29, 0.717) is 31.2 Å². The fourth-order valence-corrected chi connectivity index (χ4v) is 4.01. The predicted octanol–water partition coefficient (Wildman–Crippen LogP) is 3.22. The molecule has 0 saturated carbocycles. The molecule has 30 heavy (non-hydrogen) atoms. The van der Waals surface area contributed by atoms with Crippen LogP contribution in [0.4, 0.5) is 5.82 Å². The normalized spacial score (nSPS) is 14.5. The summed E-state index contributed by atoms with van der Waals surface area (Å²) in [7, 11) is 0. The van der Waals surface area contributed by atoms with Crippen molar-refractivity contribution < 1.29 is 14.3 Å². The van der Waals surface area contributed by atoms with Gasteiger partial charge in [-0.05, 0) is 25.0 Å². The summed E-state index contributed by atoms with van der Waals surface area (Å²) in [5, 5.41) is 9.09. The Balaban J connectivity index is 1.27. The van der Waals surface area contributed by atoms with Crippen LogP contribution in [0.5, 0.6) is 5.75 Å². The zero-order valence-corrected chi connectivity index (χ0v) is 17.3. The number of carbonyl (C=O) groups is 2. The maximum Gasteiger partial charge on any atom is 0.273 e. The minimum atomic E-state index is -0.121. The van der Waals surface area contributed by atoms with Crippen LogP contribution in [-0.4, -0.2) is 51.2 Å². The van der Waals surface area contributed by atoms with Crippen LogP contribution < -0.4 is 10.1 Å². The number of likely N-dealkylation sites (tertiary alicyclic amines) is 1. The first kappa shape index (κ1) is 20.1. The van der Waals surface area contributed by atoms with Gasteiger partial charge in [-0.15, -0.1) is 11.3 Å². The van der Waals surface area contributed by atoms with Gasteiger partial charge in [0, 0.05) is 24.5 Å². The lowest BCUT2D eigenvalue weighted by atomic mass is 10.0. The van der Waals surface area contributed by atoms with Crippen molar-refractivity contribution in [3.63, 3.8) is 0 Å². The van der Waals surface area contributed by atoms with Crippen molar-refractivity contribution in [2.45, 2.75) is 25.3 Å². The molecule has 1 saturated heterocycles. The molecule has 0 unspecified atom stereocenters. The molecule has 3 aromatic rings. The smallest absolute Gasteiger partial charge is 0.273 e. The lowest BCUT2D eigenvalue weighted by Gasteiger charge is -2.32. The van der Waals surface area contributed by atoms with E-state index in [1.165, 1.54) is 11.3 Å². The quantitative estimate of drug-likeness (QED) is 0.628. The number of rotatable bonds is 7. The molecule has 1 fully saturated rings. The number of benzene rings is 1. The van der Waals surface area contributed by atoms with Gasteiger partial charge < -0.3 is 15.0 Å². The first-order chi connectivity index (χ1) is 14.7. The van der Waals surface area contributed by atoms with Crippen molar-refractivity contribution >= 4 is 29.0 Å². The predicted molar refractivity (Wildman–Crippen MR) is 114 cm³/mol. The molecule has 8 nitrogen and oxygen atoms in total. The number of aromatic nitrogens is 3. The third-order valence-electron chi connectivity index (χ3n) is 5.03. The van der Waals surface area contributed by atoms with E-state index in [1.807, 2.05) is 39.9 Å². The monoisotopic (exact) mass is 425 g/mol. The molecule has 0 radical (unpaired) electrons. The second-order valence-electron chi connectivity index (χ2n) is 7.02. The van der Waals surface area contributed by atoms with Crippen LogP contribution in [0.1, 0.15) is 35.8 Å². The summed E-state index contributed by atoms with van der Waals surface area (Å²) in [5.74, 6) is 1.27. The van der Waals surface area contributed by atoms with Gasteiger partial charge in [-0.2, -0.15) is 5.10 Å². The number of carbonyl (C=O) groups excluding carboxylic acids is 2. The molecule has 9 heteroatoms. The van der Waals surface area contributed by atoms with E-state index in [4.69, 9.17) is 4.74 Å². The number of piperidine rings is 1. The molecule has 1 aliphatic rings. The van der Waals surface area contributed by atoms with Gasteiger partial charge in [0.25, 0.3) is 5.91 Å². The van der Waals surface area contributed by atoms with Gasteiger partial charge in [-0.1, -0.05) is 18.2 Å². The fourth-order valence-electron chi connectivity index (χ4n) is 3.48. The number of nitrogens with one attached hydrogen (secondary N) is 1. The second-order valence-corrected chi connectivity index (χ2v) is 7.74. The van der Waals surface area contributed by atoms with Crippen LogP contribution >= 0.6 is 11.3 Å². The van der Waals surface area contributed by atoms with Crippen LogP contribution in [0.3, 0.4) is 0 Å². The molecule has 2 amide bonds. The molecule has 1 aromatic carbocycles. The Kier molecular flexibility index (Phi) is 6.38. The highest BCUT2D eigenvalue weighted by Gasteiger charge is 2.27. The third-order valence-corrected chi connectivity index (χ3v) is 5.61. The average molecular weight is 426 g/mol. The van der Waals surface area contributed by atoms with E-state index < -0.39 is 0 Å². The van der Waals surface area contributed by atoms with E-state index in [9.17, 15) is 9.59 Å². The third kappa shape index (κ3) is 4.85. The summed E-state index contributed by atoms with van der Waals surface area (Å²) in [5.41, 5.74) is 2.17. The van der Waals surface area contributed by atoms with Crippen molar-refractivity contribution in [1.82, 2.24) is 19.7 Å². The van der Waals surface area contributed by atoms with Gasteiger partial charge in [0.2, 0.25) is 5.91 Å². The van der Waals surface area contributed by atoms with Crippen LogP contribution in [0.15, 0.2) is 53.5 Å². The molecule has 2 aromatic heterocycles. The minimum absolute atomic E-state index is 0.0258. The van der Waals surface area contributed by atoms with Gasteiger partial charge >= 0.3 is 0 Å². The minimum Gasteiger partial charge on any atom is -0.493 e. The highest BCUT2D eigenvalue weighted by Crippen LogP contribution is 2.26. The highest BCUT2D eigenvalue weighted by molar-refractivity contribution is 7.07. The lowest BCUT2D eigenvalue weighted by molar-refractivity contribution is -0.116. The fraction of sp³-hybridized carbons (Fsp3) is 0.333. The van der Waals surface area contributed by atoms with Gasteiger partial charge in [-0.25, -0.2) is 9.67 Å². The molecule has 1 N–H and O–H groups in total. The standard InChI is InChI=1S/C21H23N5O3S/c27-20(9-13-29-17-4-2-1-3-5-17)24-19-6-10-23-26(19)16-7-11-25(12-8-16)21(28)18-14-30-15-22-18/h1-6,10,14-16H,7-9,11-13H2,(H,24,27). The molecular formula is C21H23N5O3S. The number of hydrogen-bond acceptors (Lipinski definition) is 6. The average Bonchev–Trinajstić information content (AvgIpc) is 3.47. The summed E-state index contributed by atoms with van der Waals surface area (Å²) >= 11 is 1.42. The summed E-state index contributed by atoms with van der Waals surface area (Å²) in [6.07, 6.45) is 3.48. The second kappa shape index (κ2) is 9.53. The van der Waals surface area contributed by atoms with Crippen molar-refractivity contribution in [3.8, 4) is 5.75 Å². The Labute approximate surface area is 178 Å². The maximum absolute atomic E-state index is 12.4. The van der Waals surface area contributed by atoms with Crippen molar-refractivity contribution in [1.29, 1.82) is 0 Å². The molecular weight excluding hydrogens is 402 g/mol.